The summed E-state index contributed by atoms with van der Waals surface area (Å²) in [6.07, 6.45) is 7.84. The second kappa shape index (κ2) is 4.43. The van der Waals surface area contributed by atoms with Gasteiger partial charge in [0.15, 0.2) is 0 Å². The van der Waals surface area contributed by atoms with Gasteiger partial charge >= 0.3 is 0 Å². The van der Waals surface area contributed by atoms with Crippen LogP contribution in [0.4, 0.5) is 0 Å². The molecule has 1 aliphatic heterocycles. The quantitative estimate of drug-likeness (QED) is 0.674. The molecule has 0 radical (unpaired) electrons. The molecule has 2 N–H and O–H groups in total. The molecule has 3 unspecified atom stereocenters. The van der Waals surface area contributed by atoms with Gasteiger partial charge in [-0.3, -0.25) is 0 Å². The van der Waals surface area contributed by atoms with Crippen LogP contribution in [-0.2, 0) is 4.74 Å². The lowest BCUT2D eigenvalue weighted by Gasteiger charge is -2.35. The summed E-state index contributed by atoms with van der Waals surface area (Å²) in [6, 6.07) is 0.473. The van der Waals surface area contributed by atoms with E-state index in [0.717, 1.165) is 25.0 Å². The van der Waals surface area contributed by atoms with Crippen LogP contribution in [0.3, 0.4) is 0 Å². The average Bonchev–Trinajstić information content (AvgIpc) is 2.19. The summed E-state index contributed by atoms with van der Waals surface area (Å²) in [7, 11) is 0. The average molecular weight is 183 g/mol. The Hall–Kier alpha value is -0.0800. The van der Waals surface area contributed by atoms with Crippen molar-refractivity contribution in [1.29, 1.82) is 0 Å². The van der Waals surface area contributed by atoms with Gasteiger partial charge in [-0.25, -0.2) is 0 Å². The highest BCUT2D eigenvalue weighted by atomic mass is 16.5. The van der Waals surface area contributed by atoms with Gasteiger partial charge < -0.3 is 10.5 Å². The van der Waals surface area contributed by atoms with Gasteiger partial charge in [-0.15, -0.1) is 0 Å². The molecule has 1 saturated carbocycles. The van der Waals surface area contributed by atoms with Gasteiger partial charge in [0.05, 0.1) is 0 Å². The van der Waals surface area contributed by atoms with Crippen LogP contribution in [0.5, 0.6) is 0 Å². The van der Waals surface area contributed by atoms with Crippen LogP contribution in [-0.4, -0.2) is 19.3 Å². The minimum Gasteiger partial charge on any atom is -0.381 e. The monoisotopic (exact) mass is 183 g/mol. The molecule has 0 aromatic rings. The van der Waals surface area contributed by atoms with Crippen LogP contribution in [0.1, 0.15) is 38.5 Å². The lowest BCUT2D eigenvalue weighted by Crippen LogP contribution is -2.34. The molecule has 0 spiro atoms. The minimum absolute atomic E-state index is 0.473. The molecular weight excluding hydrogens is 162 g/mol. The molecule has 1 heterocycles. The highest BCUT2D eigenvalue weighted by Gasteiger charge is 2.28. The third kappa shape index (κ3) is 2.44. The smallest absolute Gasteiger partial charge is 0.0496 e. The minimum atomic E-state index is 0.473. The zero-order valence-corrected chi connectivity index (χ0v) is 8.37. The van der Waals surface area contributed by atoms with E-state index in [1.807, 2.05) is 0 Å². The van der Waals surface area contributed by atoms with Gasteiger partial charge in [0.25, 0.3) is 0 Å². The fourth-order valence-corrected chi connectivity index (χ4v) is 2.83. The molecule has 1 saturated heterocycles. The highest BCUT2D eigenvalue weighted by Crippen LogP contribution is 2.33. The fourth-order valence-electron chi connectivity index (χ4n) is 2.83. The summed E-state index contributed by atoms with van der Waals surface area (Å²) in [5.41, 5.74) is 5.99. The first-order chi connectivity index (χ1) is 6.36. The number of ether oxygens (including phenoxy) is 1. The van der Waals surface area contributed by atoms with Crippen molar-refractivity contribution >= 4 is 0 Å². The first-order valence-electron chi connectivity index (χ1n) is 5.69. The molecule has 1 aliphatic carbocycles. The normalized spacial score (nSPS) is 41.8. The van der Waals surface area contributed by atoms with Crippen molar-refractivity contribution in [3.05, 3.63) is 0 Å². The van der Waals surface area contributed by atoms with Crippen LogP contribution < -0.4 is 5.73 Å². The van der Waals surface area contributed by atoms with E-state index in [-0.39, 0.29) is 0 Å². The largest absolute Gasteiger partial charge is 0.381 e. The van der Waals surface area contributed by atoms with Gasteiger partial charge in [-0.2, -0.15) is 0 Å². The maximum Gasteiger partial charge on any atom is 0.0496 e. The molecule has 0 bridgehead atoms. The van der Waals surface area contributed by atoms with Crippen molar-refractivity contribution in [3.63, 3.8) is 0 Å². The zero-order chi connectivity index (χ0) is 9.10. The van der Waals surface area contributed by atoms with Crippen molar-refractivity contribution in [3.8, 4) is 0 Å². The van der Waals surface area contributed by atoms with Crippen LogP contribution in [0.2, 0.25) is 0 Å². The van der Waals surface area contributed by atoms with Crippen molar-refractivity contribution in [2.75, 3.05) is 13.2 Å². The van der Waals surface area contributed by atoms with E-state index in [0.29, 0.717) is 6.04 Å². The van der Waals surface area contributed by atoms with E-state index in [1.165, 1.54) is 38.5 Å². The molecular formula is C11H21NO. The molecule has 2 heteroatoms. The maximum absolute atomic E-state index is 5.99. The lowest BCUT2D eigenvalue weighted by molar-refractivity contribution is 0.0206. The lowest BCUT2D eigenvalue weighted by atomic mass is 9.76. The predicted octanol–water partition coefficient (Wildman–Crippen LogP) is 1.93. The SMILES string of the molecule is NC1CCCC(C2CCCOC2)C1. The summed E-state index contributed by atoms with van der Waals surface area (Å²) < 4.78 is 5.53. The first-order valence-corrected chi connectivity index (χ1v) is 5.69. The third-order valence-corrected chi connectivity index (χ3v) is 3.62. The Kier molecular flexibility index (Phi) is 3.23. The van der Waals surface area contributed by atoms with E-state index >= 15 is 0 Å². The van der Waals surface area contributed by atoms with Crippen molar-refractivity contribution < 1.29 is 4.74 Å². The summed E-state index contributed by atoms with van der Waals surface area (Å²) in [5.74, 6) is 1.68. The second-order valence-electron chi connectivity index (χ2n) is 4.66. The van der Waals surface area contributed by atoms with E-state index < -0.39 is 0 Å². The van der Waals surface area contributed by atoms with Gasteiger partial charge in [-0.05, 0) is 43.9 Å². The standard InChI is InChI=1S/C11H21NO/c12-11-5-1-3-9(7-11)10-4-2-6-13-8-10/h9-11H,1-8,12H2. The number of nitrogens with two attached hydrogens (primary N) is 1. The molecule has 2 rings (SSSR count). The van der Waals surface area contributed by atoms with Crippen molar-refractivity contribution in [2.24, 2.45) is 17.6 Å². The van der Waals surface area contributed by atoms with Gasteiger partial charge in [0, 0.05) is 19.3 Å². The van der Waals surface area contributed by atoms with Crippen molar-refractivity contribution in [2.45, 2.75) is 44.6 Å². The Morgan fingerprint density at radius 2 is 1.85 bits per heavy atom. The summed E-state index contributed by atoms with van der Waals surface area (Å²) in [5, 5.41) is 0. The third-order valence-electron chi connectivity index (χ3n) is 3.62. The zero-order valence-electron chi connectivity index (χ0n) is 8.37. The first kappa shape index (κ1) is 9.47. The molecule has 0 aromatic carbocycles. The van der Waals surface area contributed by atoms with Crippen molar-refractivity contribution in [1.82, 2.24) is 0 Å². The fraction of sp³-hybridized carbons (Fsp3) is 1.00. The molecule has 0 amide bonds. The Morgan fingerprint density at radius 1 is 1.00 bits per heavy atom. The van der Waals surface area contributed by atoms with Gasteiger partial charge in [0.2, 0.25) is 0 Å². The van der Waals surface area contributed by atoms with Crippen LogP contribution >= 0.6 is 0 Å². The highest BCUT2D eigenvalue weighted by molar-refractivity contribution is 4.81. The number of hydrogen-bond acceptors (Lipinski definition) is 2. The van der Waals surface area contributed by atoms with Crippen LogP contribution in [0.15, 0.2) is 0 Å². The summed E-state index contributed by atoms with van der Waals surface area (Å²) in [4.78, 5) is 0. The van der Waals surface area contributed by atoms with Gasteiger partial charge in [-0.1, -0.05) is 6.42 Å². The summed E-state index contributed by atoms with van der Waals surface area (Å²) >= 11 is 0. The van der Waals surface area contributed by atoms with Gasteiger partial charge in [0.1, 0.15) is 0 Å². The molecule has 0 aromatic heterocycles. The van der Waals surface area contributed by atoms with E-state index in [1.54, 1.807) is 0 Å². The Bertz CT molecular complexity index is 154. The Labute approximate surface area is 80.8 Å². The molecule has 3 atom stereocenters. The van der Waals surface area contributed by atoms with Crippen LogP contribution in [0, 0.1) is 11.8 Å². The molecule has 2 aliphatic rings. The Morgan fingerprint density at radius 3 is 2.54 bits per heavy atom. The second-order valence-corrected chi connectivity index (χ2v) is 4.66. The molecule has 2 fully saturated rings. The van der Waals surface area contributed by atoms with E-state index in [9.17, 15) is 0 Å². The number of hydrogen-bond donors (Lipinski definition) is 1. The van der Waals surface area contributed by atoms with E-state index in [4.69, 9.17) is 10.5 Å². The molecule has 76 valence electrons. The topological polar surface area (TPSA) is 35.2 Å². The summed E-state index contributed by atoms with van der Waals surface area (Å²) in [6.45, 7) is 1.98. The number of rotatable bonds is 1. The molecule has 2 nitrogen and oxygen atoms in total. The van der Waals surface area contributed by atoms with E-state index in [2.05, 4.69) is 0 Å². The Balaban J connectivity index is 1.83. The predicted molar refractivity (Wildman–Crippen MR) is 53.5 cm³/mol. The molecule has 13 heavy (non-hydrogen) atoms. The maximum atomic E-state index is 5.99. The van der Waals surface area contributed by atoms with Crippen LogP contribution in [0.25, 0.3) is 0 Å².